The highest BCUT2D eigenvalue weighted by Gasteiger charge is 2.49. The maximum atomic E-state index is 14.9. The van der Waals surface area contributed by atoms with Crippen LogP contribution in [0.5, 0.6) is 0 Å². The fourth-order valence-corrected chi connectivity index (χ4v) is 14.5. The second-order valence-electron chi connectivity index (χ2n) is 15.4. The van der Waals surface area contributed by atoms with Crippen LogP contribution in [0.25, 0.3) is 6.08 Å². The first-order chi connectivity index (χ1) is 22.6. The van der Waals surface area contributed by atoms with Crippen LogP contribution in [0, 0.1) is 24.2 Å². The van der Waals surface area contributed by atoms with Gasteiger partial charge in [0.2, 0.25) is 0 Å². The van der Waals surface area contributed by atoms with Crippen molar-refractivity contribution in [3.05, 3.63) is 21.7 Å². The Balaban J connectivity index is 2.05. The average molecular weight is 721 g/mol. The quantitative estimate of drug-likeness (QED) is 0.130. The number of ether oxygens (including phenoxy) is 1. The number of hydrogen-bond donors (Lipinski definition) is 1. The minimum absolute atomic E-state index is 0.0555. The van der Waals surface area contributed by atoms with E-state index in [-0.39, 0.29) is 42.2 Å². The third-order valence-corrected chi connectivity index (χ3v) is 22.2. The van der Waals surface area contributed by atoms with Gasteiger partial charge >= 0.3 is 5.97 Å². The van der Waals surface area contributed by atoms with Gasteiger partial charge in [-0.25, -0.2) is 4.98 Å². The predicted octanol–water partition coefficient (Wildman–Crippen LogP) is 9.72. The Morgan fingerprint density at radius 1 is 0.979 bits per heavy atom. The highest BCUT2D eigenvalue weighted by atomic mass is 32.1. The maximum Gasteiger partial charge on any atom is 0.309 e. The molecule has 48 heavy (non-hydrogen) atoms. The summed E-state index contributed by atoms with van der Waals surface area (Å²) >= 11 is 1.62. The van der Waals surface area contributed by atoms with Gasteiger partial charge in [-0.2, -0.15) is 0 Å². The molecule has 0 amide bonds. The molecule has 0 radical (unpaired) electrons. The van der Waals surface area contributed by atoms with Crippen molar-refractivity contribution in [2.45, 2.75) is 182 Å². The highest BCUT2D eigenvalue weighted by Crippen LogP contribution is 2.40. The number of cyclic esters (lactones) is 1. The number of hydrogen-bond acceptors (Lipinski definition) is 8. The molecule has 2 aliphatic rings. The second kappa shape index (κ2) is 17.8. The molecule has 7 atom stereocenters. The minimum atomic E-state index is -2.19. The summed E-state index contributed by atoms with van der Waals surface area (Å²) in [7, 11) is -4.18. The Morgan fingerprint density at radius 3 is 2.10 bits per heavy atom. The molecule has 1 aromatic heterocycles. The summed E-state index contributed by atoms with van der Waals surface area (Å²) in [5, 5.41) is 6.74. The zero-order valence-electron chi connectivity index (χ0n) is 32.4. The van der Waals surface area contributed by atoms with E-state index >= 15 is 0 Å². The van der Waals surface area contributed by atoms with Gasteiger partial charge in [-0.1, -0.05) is 75.7 Å². The Labute approximate surface area is 299 Å². The number of rotatable bonds is 12. The lowest BCUT2D eigenvalue weighted by Gasteiger charge is -2.44. The zero-order chi connectivity index (χ0) is 35.9. The monoisotopic (exact) mass is 720 g/mol. The minimum Gasteiger partial charge on any atom is -0.458 e. The van der Waals surface area contributed by atoms with Crippen LogP contribution in [-0.2, 0) is 23.2 Å². The van der Waals surface area contributed by atoms with E-state index in [1.165, 1.54) is 0 Å². The maximum absolute atomic E-state index is 14.9. The molecule has 0 spiro atoms. The third kappa shape index (κ3) is 10.2. The van der Waals surface area contributed by atoms with Gasteiger partial charge in [0.15, 0.2) is 16.6 Å². The highest BCUT2D eigenvalue weighted by molar-refractivity contribution is 7.09. The number of aryl methyl sites for hydroxylation is 1. The molecule has 3 rings (SSSR count). The van der Waals surface area contributed by atoms with Crippen LogP contribution < -0.4 is 5.32 Å². The van der Waals surface area contributed by atoms with Gasteiger partial charge in [-0.05, 0) is 80.5 Å². The number of carbonyl (C=O) groups excluding carboxylic acids is 2. The van der Waals surface area contributed by atoms with Gasteiger partial charge in [0.25, 0.3) is 0 Å². The second-order valence-corrected chi connectivity index (χ2v) is 25.9. The number of aromatic nitrogens is 1. The summed E-state index contributed by atoms with van der Waals surface area (Å²) < 4.78 is 20.7. The van der Waals surface area contributed by atoms with Crippen molar-refractivity contribution < 1.29 is 23.2 Å². The Morgan fingerprint density at radius 2 is 1.56 bits per heavy atom. The van der Waals surface area contributed by atoms with E-state index in [1.54, 1.807) is 11.3 Å². The summed E-state index contributed by atoms with van der Waals surface area (Å²) in [6, 6.07) is 6.70. The zero-order valence-corrected chi connectivity index (χ0v) is 35.2. The van der Waals surface area contributed by atoms with E-state index in [1.807, 2.05) is 33.1 Å². The normalized spacial score (nSPS) is 29.8. The number of thiazole rings is 1. The Kier molecular flexibility index (Phi) is 15.3. The SMILES string of the molecule is CC[Si](CC)(CC)O[C@H]1[C@@H](C)CCC[C@H]2NC2CC(C(C)=Cc2csc(C)n2)OC(=O)C[C@H](O[Si](CC)(CC)CC)C(C)(C)C(=O)[C@@H]1C. The van der Waals surface area contributed by atoms with Crippen molar-refractivity contribution >= 4 is 45.8 Å². The molecule has 2 saturated heterocycles. The molecule has 10 heteroatoms. The van der Waals surface area contributed by atoms with E-state index in [4.69, 9.17) is 13.6 Å². The number of nitrogens with one attached hydrogen (secondary N) is 1. The first kappa shape index (κ1) is 41.2. The van der Waals surface area contributed by atoms with Crippen LogP contribution in [0.15, 0.2) is 11.0 Å². The number of Topliss-reactive ketones (excluding diaryl/α,β-unsaturated/α-hetero) is 1. The van der Waals surface area contributed by atoms with Crippen LogP contribution >= 0.6 is 11.3 Å². The first-order valence-corrected chi connectivity index (χ1v) is 25.0. The fourth-order valence-electron chi connectivity index (χ4n) is 7.89. The summed E-state index contributed by atoms with van der Waals surface area (Å²) in [5.41, 5.74) is 0.995. The number of nitrogens with zero attached hydrogens (tertiary/aromatic N) is 1. The lowest BCUT2D eigenvalue weighted by Crippen LogP contribution is -2.53. The van der Waals surface area contributed by atoms with E-state index in [0.29, 0.717) is 12.1 Å². The fraction of sp³-hybridized carbons (Fsp3) is 0.816. The topological polar surface area (TPSA) is 96.7 Å². The molecule has 2 aliphatic heterocycles. The first-order valence-electron chi connectivity index (χ1n) is 19.1. The Bertz CT molecular complexity index is 1210. The predicted molar refractivity (Wildman–Crippen MR) is 205 cm³/mol. The van der Waals surface area contributed by atoms with Crippen molar-refractivity contribution in [1.82, 2.24) is 10.3 Å². The van der Waals surface area contributed by atoms with Crippen molar-refractivity contribution in [2.24, 2.45) is 17.3 Å². The molecule has 274 valence electrons. The number of fused-ring (bicyclic) bond motifs is 1. The van der Waals surface area contributed by atoms with Gasteiger partial charge in [0.1, 0.15) is 11.9 Å². The van der Waals surface area contributed by atoms with Crippen LogP contribution in [0.3, 0.4) is 0 Å². The molecule has 0 saturated carbocycles. The summed E-state index contributed by atoms with van der Waals surface area (Å²) in [5.74, 6) is -0.224. The molecule has 0 aromatic carbocycles. The summed E-state index contributed by atoms with van der Waals surface area (Å²) in [6.07, 6.45) is 4.90. The standard InChI is InChI=1S/C38H68N2O5SSi2/c1-13-47(14-2,15-3)44-34-24-35(41)43-33(27(8)22-30-25-46-29(10)39-30)23-32-31(40-32)21-19-20-26(7)36(28(9)37(42)38(34,11)12)45-48(16-4,17-5)18-6/h22,25-26,28,31-34,36,40H,13-21,23-24H2,1-12H3/t26-,28+,31+,32?,33?,34-,36-/m0/s1. The molecule has 0 aliphatic carbocycles. The molecular weight excluding hydrogens is 653 g/mol. The molecular formula is C38H68N2O5SSi2. The van der Waals surface area contributed by atoms with Crippen molar-refractivity contribution in [3.63, 3.8) is 0 Å². The van der Waals surface area contributed by atoms with Gasteiger partial charge in [0.05, 0.1) is 29.3 Å². The van der Waals surface area contributed by atoms with E-state index in [2.05, 4.69) is 71.8 Å². The number of ketones is 1. The molecule has 7 nitrogen and oxygen atoms in total. The molecule has 1 aromatic rings. The van der Waals surface area contributed by atoms with E-state index in [0.717, 1.165) is 78.2 Å². The van der Waals surface area contributed by atoms with E-state index in [9.17, 15) is 9.59 Å². The van der Waals surface area contributed by atoms with Gasteiger partial charge in [-0.3, -0.25) is 9.59 Å². The van der Waals surface area contributed by atoms with Crippen molar-refractivity contribution in [3.8, 4) is 0 Å². The van der Waals surface area contributed by atoms with Crippen molar-refractivity contribution in [1.29, 1.82) is 0 Å². The lowest BCUT2D eigenvalue weighted by molar-refractivity contribution is -0.153. The molecule has 3 heterocycles. The van der Waals surface area contributed by atoms with Gasteiger partial charge in [-0.15, -0.1) is 11.3 Å². The molecule has 0 bridgehead atoms. The molecule has 1 N–H and O–H groups in total. The van der Waals surface area contributed by atoms with Crippen LogP contribution in [0.1, 0.15) is 119 Å². The van der Waals surface area contributed by atoms with Crippen molar-refractivity contribution in [2.75, 3.05) is 0 Å². The third-order valence-electron chi connectivity index (χ3n) is 12.1. The van der Waals surface area contributed by atoms with E-state index < -0.39 is 28.2 Å². The summed E-state index contributed by atoms with van der Waals surface area (Å²) in [4.78, 5) is 33.5. The molecule has 2 fully saturated rings. The van der Waals surface area contributed by atoms with Crippen LogP contribution in [0.2, 0.25) is 36.3 Å². The number of esters is 1. The molecule has 2 unspecified atom stereocenters. The van der Waals surface area contributed by atoms with Crippen LogP contribution in [0.4, 0.5) is 0 Å². The smallest absolute Gasteiger partial charge is 0.309 e. The largest absolute Gasteiger partial charge is 0.458 e. The number of carbonyl (C=O) groups is 2. The van der Waals surface area contributed by atoms with Gasteiger partial charge < -0.3 is 18.9 Å². The van der Waals surface area contributed by atoms with Gasteiger partial charge in [0, 0.05) is 35.2 Å². The summed E-state index contributed by atoms with van der Waals surface area (Å²) in [6.45, 7) is 25.8. The lowest BCUT2D eigenvalue weighted by atomic mass is 9.73. The average Bonchev–Trinajstić information content (AvgIpc) is 3.68. The van der Waals surface area contributed by atoms with Crippen LogP contribution in [-0.4, -0.2) is 63.8 Å². The Hall–Kier alpha value is -1.18.